The van der Waals surface area contributed by atoms with Gasteiger partial charge < -0.3 is 4.74 Å². The number of ether oxygens (including phenoxy) is 1. The molecule has 112 valence electrons. The molecule has 1 aromatic heterocycles. The van der Waals surface area contributed by atoms with Crippen molar-refractivity contribution in [1.82, 2.24) is 9.78 Å². The zero-order valence-electron chi connectivity index (χ0n) is 12.9. The molecule has 4 heteroatoms. The van der Waals surface area contributed by atoms with Gasteiger partial charge in [0.05, 0.1) is 18.7 Å². The minimum absolute atomic E-state index is 0.0611. The lowest BCUT2D eigenvalue weighted by molar-refractivity contribution is 0.0991. The van der Waals surface area contributed by atoms with Gasteiger partial charge in [-0.3, -0.25) is 9.48 Å². The monoisotopic (exact) mass is 286 g/mol. The van der Waals surface area contributed by atoms with Gasteiger partial charge in [-0.05, 0) is 38.5 Å². The summed E-state index contributed by atoms with van der Waals surface area (Å²) >= 11 is 0. The Labute approximate surface area is 125 Å². The number of hydrogen-bond donors (Lipinski definition) is 0. The van der Waals surface area contributed by atoms with Gasteiger partial charge in [0.1, 0.15) is 5.75 Å². The fourth-order valence-electron chi connectivity index (χ4n) is 2.10. The van der Waals surface area contributed by atoms with E-state index in [1.54, 1.807) is 6.07 Å². The zero-order chi connectivity index (χ0) is 15.2. The van der Waals surface area contributed by atoms with E-state index in [9.17, 15) is 4.79 Å². The van der Waals surface area contributed by atoms with Gasteiger partial charge in [-0.2, -0.15) is 5.10 Å². The van der Waals surface area contributed by atoms with Crippen molar-refractivity contribution < 1.29 is 9.53 Å². The quantitative estimate of drug-likeness (QED) is 0.729. The lowest BCUT2D eigenvalue weighted by Crippen LogP contribution is -2.08. The summed E-state index contributed by atoms with van der Waals surface area (Å²) in [6.45, 7) is 6.76. The Bertz CT molecular complexity index is 604. The molecule has 1 aromatic carbocycles. The van der Waals surface area contributed by atoms with Crippen LogP contribution in [0.15, 0.2) is 36.5 Å². The highest BCUT2D eigenvalue weighted by molar-refractivity contribution is 5.97. The third-order valence-electron chi connectivity index (χ3n) is 3.51. The van der Waals surface area contributed by atoms with Crippen LogP contribution in [0.4, 0.5) is 0 Å². The van der Waals surface area contributed by atoms with Gasteiger partial charge in [0.2, 0.25) is 0 Å². The molecular weight excluding hydrogens is 264 g/mol. The van der Waals surface area contributed by atoms with Crippen LogP contribution in [0.5, 0.6) is 5.75 Å². The molecule has 0 saturated heterocycles. The van der Waals surface area contributed by atoms with E-state index < -0.39 is 0 Å². The van der Waals surface area contributed by atoms with Crippen molar-refractivity contribution in [3.05, 3.63) is 47.8 Å². The van der Waals surface area contributed by atoms with Crippen molar-refractivity contribution in [2.75, 3.05) is 6.61 Å². The zero-order valence-corrected chi connectivity index (χ0v) is 12.9. The van der Waals surface area contributed by atoms with Crippen molar-refractivity contribution in [3.8, 4) is 5.75 Å². The van der Waals surface area contributed by atoms with E-state index >= 15 is 0 Å². The molecule has 2 aromatic rings. The predicted molar refractivity (Wildman–Crippen MR) is 82.9 cm³/mol. The number of rotatable bonds is 7. The van der Waals surface area contributed by atoms with E-state index in [-0.39, 0.29) is 5.78 Å². The molecule has 1 atom stereocenters. The minimum Gasteiger partial charge on any atom is -0.494 e. The molecule has 0 fully saturated rings. The van der Waals surface area contributed by atoms with Crippen molar-refractivity contribution in [1.29, 1.82) is 0 Å². The number of benzene rings is 1. The minimum atomic E-state index is 0.0611. The van der Waals surface area contributed by atoms with Crippen molar-refractivity contribution in [3.63, 3.8) is 0 Å². The molecular formula is C17H22N2O2. The highest BCUT2D eigenvalue weighted by atomic mass is 16.5. The summed E-state index contributed by atoms with van der Waals surface area (Å²) in [6.07, 6.45) is 3.28. The maximum absolute atomic E-state index is 12.3. The maximum Gasteiger partial charge on any atom is 0.169 e. The molecule has 0 bridgehead atoms. The summed E-state index contributed by atoms with van der Waals surface area (Å²) in [4.78, 5) is 12.3. The number of ketones is 1. The molecule has 0 amide bonds. The Morgan fingerprint density at radius 2 is 2.14 bits per heavy atom. The van der Waals surface area contributed by atoms with Gasteiger partial charge in [-0.15, -0.1) is 0 Å². The summed E-state index contributed by atoms with van der Waals surface area (Å²) in [6, 6.07) is 9.58. The van der Waals surface area contributed by atoms with Gasteiger partial charge in [0.25, 0.3) is 0 Å². The Morgan fingerprint density at radius 1 is 1.33 bits per heavy atom. The van der Waals surface area contributed by atoms with Crippen LogP contribution in [-0.4, -0.2) is 22.2 Å². The second-order valence-corrected chi connectivity index (χ2v) is 5.11. The average Bonchev–Trinajstić information content (AvgIpc) is 2.95. The van der Waals surface area contributed by atoms with Crippen LogP contribution in [-0.2, 0) is 6.42 Å². The van der Waals surface area contributed by atoms with Crippen LogP contribution in [0.25, 0.3) is 0 Å². The Morgan fingerprint density at radius 3 is 2.86 bits per heavy atom. The highest BCUT2D eigenvalue weighted by Gasteiger charge is 2.11. The molecule has 0 N–H and O–H groups in total. The first-order valence-electron chi connectivity index (χ1n) is 7.44. The van der Waals surface area contributed by atoms with E-state index in [2.05, 4.69) is 18.9 Å². The number of hydrogen-bond acceptors (Lipinski definition) is 3. The second-order valence-electron chi connectivity index (χ2n) is 5.11. The summed E-state index contributed by atoms with van der Waals surface area (Å²) in [7, 11) is 0. The van der Waals surface area contributed by atoms with Gasteiger partial charge in [0.15, 0.2) is 5.78 Å². The van der Waals surface area contributed by atoms with Gasteiger partial charge >= 0.3 is 0 Å². The first kappa shape index (κ1) is 15.3. The third-order valence-corrected chi connectivity index (χ3v) is 3.51. The second kappa shape index (κ2) is 7.07. The smallest absolute Gasteiger partial charge is 0.169 e. The van der Waals surface area contributed by atoms with Crippen molar-refractivity contribution in [2.24, 2.45) is 0 Å². The highest BCUT2D eigenvalue weighted by Crippen LogP contribution is 2.16. The molecule has 0 aliphatic carbocycles. The lowest BCUT2D eigenvalue weighted by Gasteiger charge is -2.08. The maximum atomic E-state index is 12.3. The van der Waals surface area contributed by atoms with Crippen molar-refractivity contribution in [2.45, 2.75) is 39.7 Å². The summed E-state index contributed by atoms with van der Waals surface area (Å²) in [5, 5.41) is 4.47. The third kappa shape index (κ3) is 3.94. The fraction of sp³-hybridized carbons (Fsp3) is 0.412. The molecule has 0 saturated carbocycles. The van der Waals surface area contributed by atoms with E-state index in [0.717, 1.165) is 17.9 Å². The van der Waals surface area contributed by atoms with Crippen LogP contribution >= 0.6 is 0 Å². The molecule has 4 nitrogen and oxygen atoms in total. The van der Waals surface area contributed by atoms with Crippen LogP contribution in [0.3, 0.4) is 0 Å². The number of aromatic nitrogens is 2. The molecule has 1 heterocycles. The SMILES string of the molecule is CCOc1cccc(C(=O)Cc2ccn(C(C)CC)n2)c1. The summed E-state index contributed by atoms with van der Waals surface area (Å²) in [5.41, 5.74) is 1.47. The Hall–Kier alpha value is -2.10. The standard InChI is InChI=1S/C17H22N2O2/c1-4-13(3)19-10-9-15(18-19)12-17(20)14-7-6-8-16(11-14)21-5-2/h6-11,13H,4-5,12H2,1-3H3. The molecule has 1 unspecified atom stereocenters. The number of carbonyl (C=O) groups excluding carboxylic acids is 1. The molecule has 0 spiro atoms. The van der Waals surface area contributed by atoms with Crippen LogP contribution in [0, 0.1) is 0 Å². The van der Waals surface area contributed by atoms with E-state index in [1.165, 1.54) is 0 Å². The Kier molecular flexibility index (Phi) is 5.14. The molecule has 0 radical (unpaired) electrons. The lowest BCUT2D eigenvalue weighted by atomic mass is 10.1. The molecule has 2 rings (SSSR count). The van der Waals surface area contributed by atoms with Crippen molar-refractivity contribution >= 4 is 5.78 Å². The summed E-state index contributed by atoms with van der Waals surface area (Å²) in [5.74, 6) is 0.791. The topological polar surface area (TPSA) is 44.1 Å². The van der Waals surface area contributed by atoms with Gasteiger partial charge in [-0.25, -0.2) is 0 Å². The van der Waals surface area contributed by atoms with Crippen LogP contribution in [0.1, 0.15) is 49.3 Å². The van der Waals surface area contributed by atoms with E-state index in [4.69, 9.17) is 4.74 Å². The predicted octanol–water partition coefficient (Wildman–Crippen LogP) is 3.68. The average molecular weight is 286 g/mol. The summed E-state index contributed by atoms with van der Waals surface area (Å²) < 4.78 is 7.34. The largest absolute Gasteiger partial charge is 0.494 e. The first-order valence-corrected chi connectivity index (χ1v) is 7.44. The molecule has 21 heavy (non-hydrogen) atoms. The number of nitrogens with zero attached hydrogens (tertiary/aromatic N) is 2. The molecule has 0 aliphatic rings. The normalized spacial score (nSPS) is 12.1. The Balaban J connectivity index is 2.07. The van der Waals surface area contributed by atoms with Crippen LogP contribution < -0.4 is 4.74 Å². The van der Waals surface area contributed by atoms with Crippen LogP contribution in [0.2, 0.25) is 0 Å². The first-order chi connectivity index (χ1) is 10.1. The van der Waals surface area contributed by atoms with E-state index in [1.807, 2.05) is 42.1 Å². The van der Waals surface area contributed by atoms with Gasteiger partial charge in [-0.1, -0.05) is 19.1 Å². The fourth-order valence-corrected chi connectivity index (χ4v) is 2.10. The molecule has 0 aliphatic heterocycles. The van der Waals surface area contributed by atoms with E-state index in [0.29, 0.717) is 24.6 Å². The number of Topliss-reactive ketones (excluding diaryl/α,β-unsaturated/α-hetero) is 1. The van der Waals surface area contributed by atoms with Gasteiger partial charge in [0, 0.05) is 17.8 Å². The number of carbonyl (C=O) groups is 1.